The fourth-order valence-corrected chi connectivity index (χ4v) is 1.97. The van der Waals surface area contributed by atoms with E-state index in [0.29, 0.717) is 0 Å². The number of hydrogen-bond donors (Lipinski definition) is 0. The second kappa shape index (κ2) is 9.95. The van der Waals surface area contributed by atoms with Crippen LogP contribution in [0.3, 0.4) is 0 Å². The number of unbranched alkanes of at least 4 members (excludes halogenated alkanes) is 1. The lowest BCUT2D eigenvalue weighted by Gasteiger charge is -2.02. The van der Waals surface area contributed by atoms with Crippen LogP contribution in [0.15, 0.2) is 10.2 Å². The molecule has 0 saturated carbocycles. The van der Waals surface area contributed by atoms with Crippen molar-refractivity contribution in [2.24, 2.45) is 16.1 Å². The molecule has 0 heterocycles. The Morgan fingerprint density at radius 3 is 2.47 bits per heavy atom. The number of hydrogen-bond acceptors (Lipinski definition) is 4. The molecule has 0 N–H and O–H groups in total. The molecule has 0 atom stereocenters. The first-order chi connectivity index (χ1) is 8.06. The maximum absolute atomic E-state index is 11.0. The molecule has 0 fully saturated rings. The topological polar surface area (TPSA) is 77.3 Å². The standard InChI is InChI=1S/C10H20N2O4Si/c1-4-5-6-17-16-10(14)12-11-9(13)15-7-8(2)3/h8H,4-7,17H2,1-3H3/b12-11+. The quantitative estimate of drug-likeness (QED) is 0.418. The van der Waals surface area contributed by atoms with Gasteiger partial charge in [-0.2, -0.15) is 0 Å². The van der Waals surface area contributed by atoms with Crippen LogP contribution in [0.5, 0.6) is 0 Å². The second-order valence-electron chi connectivity index (χ2n) is 3.99. The summed E-state index contributed by atoms with van der Waals surface area (Å²) in [6.45, 7) is 6.13. The second-order valence-corrected chi connectivity index (χ2v) is 5.40. The Labute approximate surface area is 104 Å². The van der Waals surface area contributed by atoms with Gasteiger partial charge in [0, 0.05) is 0 Å². The maximum Gasteiger partial charge on any atom is 0.452 e. The van der Waals surface area contributed by atoms with Gasteiger partial charge in [0.2, 0.25) is 9.76 Å². The Morgan fingerprint density at radius 1 is 1.24 bits per heavy atom. The molecule has 0 aliphatic carbocycles. The van der Waals surface area contributed by atoms with Crippen molar-refractivity contribution in [2.45, 2.75) is 39.7 Å². The third kappa shape index (κ3) is 11.0. The van der Waals surface area contributed by atoms with E-state index < -0.39 is 21.9 Å². The zero-order valence-electron chi connectivity index (χ0n) is 10.6. The first kappa shape index (κ1) is 15.8. The van der Waals surface area contributed by atoms with Gasteiger partial charge in [0.05, 0.1) is 6.61 Å². The van der Waals surface area contributed by atoms with Crippen molar-refractivity contribution in [1.82, 2.24) is 0 Å². The number of nitrogens with zero attached hydrogens (tertiary/aromatic N) is 2. The Bertz CT molecular complexity index is 269. The van der Waals surface area contributed by atoms with Crippen LogP contribution in [-0.2, 0) is 9.16 Å². The van der Waals surface area contributed by atoms with E-state index in [2.05, 4.69) is 17.2 Å². The fraction of sp³-hybridized carbons (Fsp3) is 0.800. The minimum Gasteiger partial charge on any atom is -0.507 e. The number of carbonyl (C=O) groups excluding carboxylic acids is 2. The van der Waals surface area contributed by atoms with Crippen LogP contribution in [0, 0.1) is 5.92 Å². The highest BCUT2D eigenvalue weighted by molar-refractivity contribution is 6.30. The van der Waals surface area contributed by atoms with Crippen LogP contribution in [0.1, 0.15) is 33.6 Å². The molecule has 0 unspecified atom stereocenters. The van der Waals surface area contributed by atoms with E-state index in [-0.39, 0.29) is 12.5 Å². The van der Waals surface area contributed by atoms with Crippen molar-refractivity contribution in [3.8, 4) is 0 Å². The Hall–Kier alpha value is -1.24. The van der Waals surface area contributed by atoms with Crippen molar-refractivity contribution in [3.05, 3.63) is 0 Å². The molecule has 0 aromatic heterocycles. The monoisotopic (exact) mass is 260 g/mol. The lowest BCUT2D eigenvalue weighted by Crippen LogP contribution is -2.07. The van der Waals surface area contributed by atoms with Gasteiger partial charge in [-0.05, 0) is 12.0 Å². The van der Waals surface area contributed by atoms with Crippen molar-refractivity contribution in [3.63, 3.8) is 0 Å². The van der Waals surface area contributed by atoms with E-state index >= 15 is 0 Å². The summed E-state index contributed by atoms with van der Waals surface area (Å²) in [5.41, 5.74) is 0. The number of rotatable bonds is 6. The van der Waals surface area contributed by atoms with Crippen LogP contribution in [-0.4, -0.2) is 28.6 Å². The van der Waals surface area contributed by atoms with E-state index in [1.165, 1.54) is 0 Å². The zero-order chi connectivity index (χ0) is 13.1. The molecule has 2 amide bonds. The highest BCUT2D eigenvalue weighted by Gasteiger charge is 2.04. The van der Waals surface area contributed by atoms with Crippen molar-refractivity contribution in [2.75, 3.05) is 6.61 Å². The molecule has 0 rings (SSSR count). The molecule has 0 saturated heterocycles. The van der Waals surface area contributed by atoms with E-state index in [9.17, 15) is 9.59 Å². The molecule has 0 aromatic rings. The normalized spacial score (nSPS) is 11.5. The summed E-state index contributed by atoms with van der Waals surface area (Å²) in [5.74, 6) is 0.225. The average molecular weight is 260 g/mol. The maximum atomic E-state index is 11.0. The minimum atomic E-state index is -0.872. The Morgan fingerprint density at radius 2 is 1.88 bits per heavy atom. The molecular formula is C10H20N2O4Si. The van der Waals surface area contributed by atoms with Gasteiger partial charge in [0.15, 0.2) is 0 Å². The minimum absolute atomic E-state index is 0.225. The van der Waals surface area contributed by atoms with E-state index in [4.69, 9.17) is 9.16 Å². The molecule has 6 nitrogen and oxygen atoms in total. The van der Waals surface area contributed by atoms with Gasteiger partial charge in [-0.3, -0.25) is 0 Å². The number of ether oxygens (including phenoxy) is 1. The highest BCUT2D eigenvalue weighted by Crippen LogP contribution is 1.97. The molecule has 0 bridgehead atoms. The third-order valence-corrected chi connectivity index (χ3v) is 2.97. The molecule has 7 heteroatoms. The summed E-state index contributed by atoms with van der Waals surface area (Å²) in [6, 6.07) is 0.926. The molecule has 0 radical (unpaired) electrons. The lowest BCUT2D eigenvalue weighted by atomic mass is 10.2. The number of amides is 2. The van der Waals surface area contributed by atoms with Gasteiger partial charge in [-0.1, -0.05) is 43.8 Å². The van der Waals surface area contributed by atoms with E-state index in [0.717, 1.165) is 18.9 Å². The molecule has 0 aromatic carbocycles. The summed E-state index contributed by atoms with van der Waals surface area (Å²) >= 11 is 0. The van der Waals surface area contributed by atoms with Crippen LogP contribution in [0.4, 0.5) is 9.59 Å². The molecular weight excluding hydrogens is 240 g/mol. The van der Waals surface area contributed by atoms with Gasteiger partial charge in [-0.25, -0.2) is 9.59 Å². The van der Waals surface area contributed by atoms with Gasteiger partial charge in [0.25, 0.3) is 0 Å². The lowest BCUT2D eigenvalue weighted by molar-refractivity contribution is 0.141. The highest BCUT2D eigenvalue weighted by atomic mass is 28.2. The smallest absolute Gasteiger partial charge is 0.452 e. The Kier molecular flexibility index (Phi) is 9.22. The predicted molar refractivity (Wildman–Crippen MR) is 65.8 cm³/mol. The van der Waals surface area contributed by atoms with Crippen LogP contribution in [0.25, 0.3) is 0 Å². The zero-order valence-corrected chi connectivity index (χ0v) is 12.1. The number of carbonyl (C=O) groups is 2. The Balaban J connectivity index is 3.67. The summed E-state index contributed by atoms with van der Waals surface area (Å²) < 4.78 is 9.55. The van der Waals surface area contributed by atoms with Crippen molar-refractivity contribution in [1.29, 1.82) is 0 Å². The molecule has 0 spiro atoms. The van der Waals surface area contributed by atoms with Gasteiger partial charge in [0.1, 0.15) is 0 Å². The first-order valence-electron chi connectivity index (χ1n) is 5.81. The molecule has 98 valence electrons. The SMILES string of the molecule is CCCC[SiH2]OC(=O)/N=N/C(=O)OCC(C)C. The van der Waals surface area contributed by atoms with E-state index in [1.54, 1.807) is 0 Å². The van der Waals surface area contributed by atoms with Gasteiger partial charge >= 0.3 is 12.2 Å². The van der Waals surface area contributed by atoms with Gasteiger partial charge in [-0.15, -0.1) is 0 Å². The predicted octanol–water partition coefficient (Wildman–Crippen LogP) is 2.67. The summed E-state index contributed by atoms with van der Waals surface area (Å²) in [4.78, 5) is 21.9. The van der Waals surface area contributed by atoms with E-state index in [1.807, 2.05) is 13.8 Å². The first-order valence-corrected chi connectivity index (χ1v) is 7.39. The molecule has 17 heavy (non-hydrogen) atoms. The fourth-order valence-electron chi connectivity index (χ4n) is 0.889. The number of azo groups is 1. The van der Waals surface area contributed by atoms with Crippen LogP contribution < -0.4 is 0 Å². The molecule has 0 aliphatic rings. The third-order valence-electron chi connectivity index (χ3n) is 1.73. The van der Waals surface area contributed by atoms with Crippen LogP contribution in [0.2, 0.25) is 6.04 Å². The largest absolute Gasteiger partial charge is 0.507 e. The summed E-state index contributed by atoms with van der Waals surface area (Å²) in [6.07, 6.45) is 0.473. The van der Waals surface area contributed by atoms with Crippen molar-refractivity contribution < 1.29 is 18.8 Å². The van der Waals surface area contributed by atoms with Gasteiger partial charge < -0.3 is 9.16 Å². The average Bonchev–Trinajstić information content (AvgIpc) is 2.29. The summed E-state index contributed by atoms with van der Waals surface area (Å²) in [7, 11) is -0.872. The van der Waals surface area contributed by atoms with Crippen molar-refractivity contribution >= 4 is 21.9 Å². The molecule has 0 aliphatic heterocycles. The summed E-state index contributed by atoms with van der Waals surface area (Å²) in [5, 5.41) is 6.23. The van der Waals surface area contributed by atoms with Crippen LogP contribution >= 0.6 is 0 Å².